The lowest BCUT2D eigenvalue weighted by atomic mass is 10.0. The van der Waals surface area contributed by atoms with Crippen molar-refractivity contribution in [3.8, 4) is 17.6 Å². The van der Waals surface area contributed by atoms with Crippen molar-refractivity contribution in [2.24, 2.45) is 5.10 Å². The van der Waals surface area contributed by atoms with Crippen LogP contribution in [0.25, 0.3) is 0 Å². The number of anilines is 1. The number of rotatable bonds is 5. The van der Waals surface area contributed by atoms with Crippen molar-refractivity contribution in [2.45, 2.75) is 12.8 Å². The molecule has 12 heteroatoms. The van der Waals surface area contributed by atoms with E-state index in [1.165, 1.54) is 23.5 Å². The molecule has 0 aliphatic carbocycles. The number of carbonyl (C=O) groups is 3. The second-order valence-electron chi connectivity index (χ2n) is 6.49. The van der Waals surface area contributed by atoms with Gasteiger partial charge in [-0.2, -0.15) is 10.4 Å². The lowest BCUT2D eigenvalue weighted by Gasteiger charge is -2.13. The van der Waals surface area contributed by atoms with Crippen LogP contribution < -0.4 is 20.8 Å². The molecule has 0 saturated heterocycles. The average molecular weight is 476 g/mol. The Morgan fingerprint density at radius 2 is 1.94 bits per heavy atom. The maximum atomic E-state index is 12.1. The normalized spacial score (nSPS) is 13.2. The molecule has 0 aromatic heterocycles. The van der Waals surface area contributed by atoms with Crippen LogP contribution in [0.15, 0.2) is 35.4 Å². The minimum absolute atomic E-state index is 0.108. The van der Waals surface area contributed by atoms with Gasteiger partial charge in [0.1, 0.15) is 11.8 Å². The van der Waals surface area contributed by atoms with Gasteiger partial charge in [0, 0.05) is 12.1 Å². The summed E-state index contributed by atoms with van der Waals surface area (Å²) in [6, 6.07) is 9.32. The number of nitriles is 1. The first-order chi connectivity index (χ1) is 15.3. The zero-order valence-corrected chi connectivity index (χ0v) is 17.8. The zero-order chi connectivity index (χ0) is 23.3. The Labute approximate surface area is 191 Å². The van der Waals surface area contributed by atoms with Crippen LogP contribution in [0.2, 0.25) is 10.0 Å². The van der Waals surface area contributed by atoms with Gasteiger partial charge in [-0.15, -0.1) is 0 Å². The van der Waals surface area contributed by atoms with E-state index in [0.717, 1.165) is 12.0 Å². The van der Waals surface area contributed by atoms with Crippen LogP contribution in [0.5, 0.6) is 11.5 Å². The van der Waals surface area contributed by atoms with Crippen molar-refractivity contribution >= 4 is 52.5 Å². The van der Waals surface area contributed by atoms with Crippen LogP contribution in [0, 0.1) is 11.3 Å². The van der Waals surface area contributed by atoms with E-state index in [1.54, 1.807) is 18.2 Å². The molecule has 3 rings (SSSR count). The number of hydrogen-bond acceptors (Lipinski definition) is 7. The molecule has 0 fully saturated rings. The van der Waals surface area contributed by atoms with Crippen molar-refractivity contribution in [1.29, 1.82) is 5.26 Å². The molecule has 0 atom stereocenters. The number of nitrogens with zero attached hydrogens (tertiary/aromatic N) is 2. The molecule has 10 nitrogen and oxygen atoms in total. The molecular formula is C20H15Cl2N5O5. The van der Waals surface area contributed by atoms with E-state index in [1.807, 2.05) is 0 Å². The highest BCUT2D eigenvalue weighted by Crippen LogP contribution is 2.39. The number of hydrazone groups is 1. The van der Waals surface area contributed by atoms with Crippen LogP contribution in [0.1, 0.15) is 22.3 Å². The SMILES string of the molecule is N#CC(=NNc1cc(Cl)c(Oc2ccc3c(c2)CCCNC3=O)c(Cl)c1)C(=O)NC(=O)O. The number of aryl methyl sites for hydroxylation is 1. The highest BCUT2D eigenvalue weighted by molar-refractivity contribution is 6.46. The molecular weight excluding hydrogens is 461 g/mol. The molecule has 0 bridgehead atoms. The van der Waals surface area contributed by atoms with Gasteiger partial charge in [-0.05, 0) is 48.7 Å². The Hall–Kier alpha value is -3.81. The molecule has 0 radical (unpaired) electrons. The summed E-state index contributed by atoms with van der Waals surface area (Å²) in [4.78, 5) is 34.1. The van der Waals surface area contributed by atoms with Crippen molar-refractivity contribution < 1.29 is 24.2 Å². The van der Waals surface area contributed by atoms with Crippen LogP contribution >= 0.6 is 23.2 Å². The standard InChI is InChI=1S/C20H15Cl2N5O5/c21-14-7-11(26-27-16(9-23)19(29)25-20(30)31)8-15(22)17(14)32-12-3-4-13-10(6-12)2-1-5-24-18(13)28/h3-4,6-8,26H,1-2,5H2,(H,24,28)(H,25,29)(H,30,31). The Bertz CT molecular complexity index is 1150. The molecule has 164 valence electrons. The first-order valence-electron chi connectivity index (χ1n) is 9.14. The number of nitrogens with one attached hydrogen (secondary N) is 3. The van der Waals surface area contributed by atoms with Gasteiger partial charge >= 0.3 is 6.09 Å². The summed E-state index contributed by atoms with van der Waals surface area (Å²) in [6.07, 6.45) is -0.103. The summed E-state index contributed by atoms with van der Waals surface area (Å²) < 4.78 is 5.82. The number of carboxylic acid groups (broad SMARTS) is 1. The molecule has 1 heterocycles. The molecule has 4 N–H and O–H groups in total. The van der Waals surface area contributed by atoms with Crippen LogP contribution in [0.4, 0.5) is 10.5 Å². The van der Waals surface area contributed by atoms with Crippen molar-refractivity contribution in [1.82, 2.24) is 10.6 Å². The third-order valence-corrected chi connectivity index (χ3v) is 4.85. The number of halogens is 2. The number of ether oxygens (including phenoxy) is 1. The highest BCUT2D eigenvalue weighted by Gasteiger charge is 2.18. The predicted molar refractivity (Wildman–Crippen MR) is 116 cm³/mol. The first-order valence-corrected chi connectivity index (χ1v) is 9.90. The largest absolute Gasteiger partial charge is 0.465 e. The van der Waals surface area contributed by atoms with E-state index in [2.05, 4.69) is 15.8 Å². The molecule has 2 aromatic rings. The maximum Gasteiger partial charge on any atom is 0.411 e. The van der Waals surface area contributed by atoms with E-state index in [-0.39, 0.29) is 27.4 Å². The molecule has 0 saturated carbocycles. The Kier molecular flexibility index (Phi) is 7.14. The van der Waals surface area contributed by atoms with E-state index < -0.39 is 17.7 Å². The number of imide groups is 1. The summed E-state index contributed by atoms with van der Waals surface area (Å²) in [7, 11) is 0. The molecule has 3 amide bonds. The zero-order valence-electron chi connectivity index (χ0n) is 16.2. The quantitative estimate of drug-likeness (QED) is 0.380. The summed E-state index contributed by atoms with van der Waals surface area (Å²) in [5.74, 6) is -0.727. The van der Waals surface area contributed by atoms with Gasteiger partial charge in [-0.3, -0.25) is 20.3 Å². The lowest BCUT2D eigenvalue weighted by molar-refractivity contribution is -0.114. The number of amides is 3. The number of fused-ring (bicyclic) bond motifs is 1. The lowest BCUT2D eigenvalue weighted by Crippen LogP contribution is -2.34. The first kappa shape index (κ1) is 22.9. The Morgan fingerprint density at radius 1 is 1.22 bits per heavy atom. The Morgan fingerprint density at radius 3 is 2.59 bits per heavy atom. The molecule has 1 aliphatic rings. The van der Waals surface area contributed by atoms with Crippen LogP contribution in [0.3, 0.4) is 0 Å². The summed E-state index contributed by atoms with van der Waals surface area (Å²) in [5, 5.41) is 25.6. The highest BCUT2D eigenvalue weighted by atomic mass is 35.5. The topological polar surface area (TPSA) is 153 Å². The van der Waals surface area contributed by atoms with E-state index >= 15 is 0 Å². The van der Waals surface area contributed by atoms with Gasteiger partial charge in [0.05, 0.1) is 15.7 Å². The van der Waals surface area contributed by atoms with Crippen molar-refractivity contribution in [2.75, 3.05) is 12.0 Å². The summed E-state index contributed by atoms with van der Waals surface area (Å²) >= 11 is 12.5. The predicted octanol–water partition coefficient (Wildman–Crippen LogP) is 3.55. The molecule has 0 unspecified atom stereocenters. The third kappa shape index (κ3) is 5.46. The van der Waals surface area contributed by atoms with Gasteiger partial charge in [0.25, 0.3) is 11.8 Å². The average Bonchev–Trinajstić information content (AvgIpc) is 2.91. The van der Waals surface area contributed by atoms with E-state index in [9.17, 15) is 14.4 Å². The van der Waals surface area contributed by atoms with Gasteiger partial charge in [0.15, 0.2) is 5.75 Å². The summed E-state index contributed by atoms with van der Waals surface area (Å²) in [5.41, 5.74) is 3.36. The molecule has 0 spiro atoms. The third-order valence-electron chi connectivity index (χ3n) is 4.29. The van der Waals surface area contributed by atoms with Crippen LogP contribution in [-0.4, -0.2) is 35.3 Å². The fourth-order valence-electron chi connectivity index (χ4n) is 2.88. The van der Waals surface area contributed by atoms with E-state index in [4.69, 9.17) is 38.3 Å². The smallest absolute Gasteiger partial charge is 0.411 e. The van der Waals surface area contributed by atoms with Gasteiger partial charge in [0.2, 0.25) is 5.71 Å². The number of benzene rings is 2. The van der Waals surface area contributed by atoms with Gasteiger partial charge in [-0.25, -0.2) is 4.79 Å². The minimum atomic E-state index is -1.62. The minimum Gasteiger partial charge on any atom is -0.465 e. The molecule has 1 aliphatic heterocycles. The summed E-state index contributed by atoms with van der Waals surface area (Å²) in [6.45, 7) is 0.601. The molecule has 32 heavy (non-hydrogen) atoms. The van der Waals surface area contributed by atoms with Gasteiger partial charge < -0.3 is 15.2 Å². The second-order valence-corrected chi connectivity index (χ2v) is 7.31. The maximum absolute atomic E-state index is 12.1. The van der Waals surface area contributed by atoms with Crippen molar-refractivity contribution in [3.05, 3.63) is 51.5 Å². The number of hydrogen-bond donors (Lipinski definition) is 4. The fraction of sp³-hybridized carbons (Fsp3) is 0.150. The fourth-order valence-corrected chi connectivity index (χ4v) is 3.45. The second kappa shape index (κ2) is 10.00. The van der Waals surface area contributed by atoms with E-state index in [0.29, 0.717) is 24.3 Å². The van der Waals surface area contributed by atoms with Crippen molar-refractivity contribution in [3.63, 3.8) is 0 Å². The van der Waals surface area contributed by atoms with Gasteiger partial charge in [-0.1, -0.05) is 23.2 Å². The number of carbonyl (C=O) groups excluding carboxylic acids is 2. The molecule has 2 aromatic carbocycles. The Balaban J connectivity index is 1.79. The van der Waals surface area contributed by atoms with Crippen LogP contribution in [-0.2, 0) is 11.2 Å². The monoisotopic (exact) mass is 475 g/mol.